The van der Waals surface area contributed by atoms with Crippen LogP contribution in [0.1, 0.15) is 5.69 Å². The summed E-state index contributed by atoms with van der Waals surface area (Å²) in [7, 11) is 0. The molecule has 2 N–H and O–H groups in total. The molecule has 3 aromatic heterocycles. The van der Waals surface area contributed by atoms with Crippen molar-refractivity contribution in [2.45, 2.75) is 6.42 Å². The highest BCUT2D eigenvalue weighted by Gasteiger charge is 2.10. The summed E-state index contributed by atoms with van der Waals surface area (Å²) < 4.78 is 6.80. The van der Waals surface area contributed by atoms with E-state index in [9.17, 15) is 9.59 Å². The van der Waals surface area contributed by atoms with Crippen molar-refractivity contribution in [1.29, 1.82) is 0 Å². The fourth-order valence-corrected chi connectivity index (χ4v) is 2.98. The summed E-state index contributed by atoms with van der Waals surface area (Å²) in [5, 5.41) is 4.72. The zero-order valence-corrected chi connectivity index (χ0v) is 12.0. The number of imidazole rings is 1. The second kappa shape index (κ2) is 4.85. The number of thiazole rings is 1. The minimum absolute atomic E-state index is 0.170. The Kier molecular flexibility index (Phi) is 2.83. The van der Waals surface area contributed by atoms with E-state index < -0.39 is 5.76 Å². The first kappa shape index (κ1) is 12.8. The molecule has 0 radical (unpaired) electrons. The summed E-state index contributed by atoms with van der Waals surface area (Å²) in [6.07, 6.45) is 3.92. The molecule has 1 amide bonds. The van der Waals surface area contributed by atoms with E-state index >= 15 is 0 Å². The van der Waals surface area contributed by atoms with Gasteiger partial charge in [-0.25, -0.2) is 9.78 Å². The number of nitrogens with one attached hydrogen (secondary N) is 2. The minimum Gasteiger partial charge on any atom is -0.408 e. The molecule has 1 aromatic carbocycles. The number of aromatic nitrogens is 3. The Labute approximate surface area is 127 Å². The zero-order valence-electron chi connectivity index (χ0n) is 11.2. The first-order chi connectivity index (χ1) is 10.7. The number of oxazole rings is 1. The van der Waals surface area contributed by atoms with Crippen LogP contribution in [-0.2, 0) is 11.2 Å². The molecule has 4 rings (SSSR count). The number of carbonyl (C=O) groups excluding carboxylic acids is 1. The highest BCUT2D eigenvalue weighted by molar-refractivity contribution is 7.15. The summed E-state index contributed by atoms with van der Waals surface area (Å²) in [6.45, 7) is 0. The van der Waals surface area contributed by atoms with E-state index in [0.717, 1.165) is 4.96 Å². The molecule has 0 aliphatic rings. The van der Waals surface area contributed by atoms with Crippen molar-refractivity contribution in [3.05, 3.63) is 52.2 Å². The summed E-state index contributed by atoms with van der Waals surface area (Å²) in [6, 6.07) is 4.97. The number of benzene rings is 1. The van der Waals surface area contributed by atoms with Gasteiger partial charge in [0.15, 0.2) is 10.5 Å². The number of rotatable bonds is 3. The molecular formula is C14H10N4O3S. The van der Waals surface area contributed by atoms with E-state index in [0.29, 0.717) is 22.5 Å². The number of carbonyl (C=O) groups is 1. The van der Waals surface area contributed by atoms with Crippen molar-refractivity contribution < 1.29 is 9.21 Å². The van der Waals surface area contributed by atoms with Crippen LogP contribution in [-0.4, -0.2) is 20.3 Å². The number of anilines is 1. The van der Waals surface area contributed by atoms with E-state index in [1.54, 1.807) is 18.2 Å². The molecular weight excluding hydrogens is 304 g/mol. The van der Waals surface area contributed by atoms with Crippen molar-refractivity contribution in [3.63, 3.8) is 0 Å². The first-order valence-electron chi connectivity index (χ1n) is 6.51. The average molecular weight is 314 g/mol. The molecule has 0 saturated carbocycles. The molecule has 4 aromatic rings. The van der Waals surface area contributed by atoms with Crippen molar-refractivity contribution in [3.8, 4) is 0 Å². The second-order valence-corrected chi connectivity index (χ2v) is 5.65. The van der Waals surface area contributed by atoms with E-state index in [4.69, 9.17) is 4.42 Å². The van der Waals surface area contributed by atoms with Crippen LogP contribution in [0.2, 0.25) is 0 Å². The van der Waals surface area contributed by atoms with E-state index in [-0.39, 0.29) is 12.3 Å². The third-order valence-electron chi connectivity index (χ3n) is 3.19. The predicted molar refractivity (Wildman–Crippen MR) is 82.2 cm³/mol. The maximum Gasteiger partial charge on any atom is 0.417 e. The number of aromatic amines is 1. The van der Waals surface area contributed by atoms with Gasteiger partial charge in [0.05, 0.1) is 17.6 Å². The molecule has 0 aliphatic carbocycles. The van der Waals surface area contributed by atoms with Crippen LogP contribution in [0, 0.1) is 0 Å². The molecule has 7 nitrogen and oxygen atoms in total. The highest BCUT2D eigenvalue weighted by atomic mass is 32.1. The fraction of sp³-hybridized carbons (Fsp3) is 0.0714. The molecule has 8 heteroatoms. The molecule has 0 unspecified atom stereocenters. The Morgan fingerprint density at radius 1 is 1.45 bits per heavy atom. The van der Waals surface area contributed by atoms with Crippen molar-refractivity contribution in [1.82, 2.24) is 14.4 Å². The molecule has 110 valence electrons. The van der Waals surface area contributed by atoms with Crippen LogP contribution in [0.15, 0.2) is 45.2 Å². The monoisotopic (exact) mass is 314 g/mol. The Morgan fingerprint density at radius 2 is 2.36 bits per heavy atom. The smallest absolute Gasteiger partial charge is 0.408 e. The van der Waals surface area contributed by atoms with Gasteiger partial charge in [-0.05, 0) is 18.2 Å². The fourth-order valence-electron chi connectivity index (χ4n) is 2.26. The lowest BCUT2D eigenvalue weighted by atomic mass is 10.2. The van der Waals surface area contributed by atoms with Gasteiger partial charge in [-0.2, -0.15) is 0 Å². The number of fused-ring (bicyclic) bond motifs is 2. The van der Waals surface area contributed by atoms with Gasteiger partial charge in [0, 0.05) is 23.5 Å². The van der Waals surface area contributed by atoms with E-state index in [1.807, 2.05) is 22.2 Å². The Balaban J connectivity index is 1.52. The van der Waals surface area contributed by atoms with Crippen molar-refractivity contribution in [2.75, 3.05) is 5.32 Å². The predicted octanol–water partition coefficient (Wildman–Crippen LogP) is 2.01. The van der Waals surface area contributed by atoms with Gasteiger partial charge in [-0.3, -0.25) is 14.2 Å². The second-order valence-electron chi connectivity index (χ2n) is 4.78. The maximum atomic E-state index is 12.1. The standard InChI is InChI=1S/C14H10N4O3S/c19-12(6-9-7-18-3-4-22-13(18)16-9)15-8-1-2-11-10(5-8)17-14(20)21-11/h1-5,7H,6H2,(H,15,19)(H,17,20). The number of amides is 1. The lowest BCUT2D eigenvalue weighted by molar-refractivity contribution is -0.115. The number of H-pyrrole nitrogens is 1. The van der Waals surface area contributed by atoms with Crippen LogP contribution >= 0.6 is 11.3 Å². The lowest BCUT2D eigenvalue weighted by Gasteiger charge is -2.03. The van der Waals surface area contributed by atoms with Gasteiger partial charge in [0.25, 0.3) is 0 Å². The van der Waals surface area contributed by atoms with Crippen molar-refractivity contribution >= 4 is 39.0 Å². The molecule has 0 saturated heterocycles. The molecule has 3 heterocycles. The largest absolute Gasteiger partial charge is 0.417 e. The summed E-state index contributed by atoms with van der Waals surface area (Å²) in [4.78, 5) is 30.9. The lowest BCUT2D eigenvalue weighted by Crippen LogP contribution is -2.14. The Hall–Kier alpha value is -2.87. The van der Waals surface area contributed by atoms with Crippen LogP contribution in [0.3, 0.4) is 0 Å². The normalized spacial score (nSPS) is 11.3. The van der Waals surface area contributed by atoms with Crippen LogP contribution in [0.4, 0.5) is 5.69 Å². The third kappa shape index (κ3) is 2.29. The molecule has 22 heavy (non-hydrogen) atoms. The Morgan fingerprint density at radius 3 is 3.23 bits per heavy atom. The van der Waals surface area contributed by atoms with Crippen LogP contribution < -0.4 is 11.1 Å². The molecule has 0 spiro atoms. The summed E-state index contributed by atoms with van der Waals surface area (Å²) in [5.41, 5.74) is 2.31. The Bertz CT molecular complexity index is 1010. The highest BCUT2D eigenvalue weighted by Crippen LogP contribution is 2.17. The van der Waals surface area contributed by atoms with Crippen LogP contribution in [0.5, 0.6) is 0 Å². The number of hydrogen-bond donors (Lipinski definition) is 2. The molecule has 0 fully saturated rings. The van der Waals surface area contributed by atoms with Gasteiger partial charge >= 0.3 is 5.76 Å². The van der Waals surface area contributed by atoms with Crippen molar-refractivity contribution in [2.24, 2.45) is 0 Å². The molecule has 0 aliphatic heterocycles. The van der Waals surface area contributed by atoms with Gasteiger partial charge in [0.1, 0.15) is 0 Å². The quantitative estimate of drug-likeness (QED) is 0.605. The minimum atomic E-state index is -0.517. The number of hydrogen-bond acceptors (Lipinski definition) is 5. The topological polar surface area (TPSA) is 92.4 Å². The van der Waals surface area contributed by atoms with Gasteiger partial charge in [-0.15, -0.1) is 11.3 Å². The average Bonchev–Trinajstić information content (AvgIpc) is 3.11. The third-order valence-corrected chi connectivity index (χ3v) is 3.96. The zero-order chi connectivity index (χ0) is 15.1. The SMILES string of the molecule is O=C(Cc1cn2ccsc2n1)Nc1ccc2oc(=O)[nH]c2c1. The molecule has 0 bridgehead atoms. The van der Waals surface area contributed by atoms with E-state index in [1.165, 1.54) is 11.3 Å². The van der Waals surface area contributed by atoms with Gasteiger partial charge in [-0.1, -0.05) is 0 Å². The summed E-state index contributed by atoms with van der Waals surface area (Å²) in [5.74, 6) is -0.687. The first-order valence-corrected chi connectivity index (χ1v) is 7.39. The van der Waals surface area contributed by atoms with Gasteiger partial charge in [0.2, 0.25) is 5.91 Å². The van der Waals surface area contributed by atoms with E-state index in [2.05, 4.69) is 15.3 Å². The van der Waals surface area contributed by atoms with Gasteiger partial charge < -0.3 is 9.73 Å². The van der Waals surface area contributed by atoms with Crippen LogP contribution in [0.25, 0.3) is 16.1 Å². The summed E-state index contributed by atoms with van der Waals surface area (Å²) >= 11 is 1.52. The number of nitrogens with zero attached hydrogens (tertiary/aromatic N) is 2. The molecule has 0 atom stereocenters. The maximum absolute atomic E-state index is 12.1.